The van der Waals surface area contributed by atoms with Gasteiger partial charge in [0, 0.05) is 18.6 Å². The van der Waals surface area contributed by atoms with E-state index in [2.05, 4.69) is 4.90 Å². The van der Waals surface area contributed by atoms with Gasteiger partial charge in [0.1, 0.15) is 5.75 Å². The third-order valence-corrected chi connectivity index (χ3v) is 5.80. The molecule has 21 heavy (non-hydrogen) atoms. The Morgan fingerprint density at radius 3 is 2.81 bits per heavy atom. The van der Waals surface area contributed by atoms with Crippen molar-refractivity contribution in [1.82, 2.24) is 4.90 Å². The highest BCUT2D eigenvalue weighted by molar-refractivity contribution is 7.91. The fourth-order valence-corrected chi connectivity index (χ4v) is 4.65. The van der Waals surface area contributed by atoms with Crippen molar-refractivity contribution in [2.24, 2.45) is 5.73 Å². The summed E-state index contributed by atoms with van der Waals surface area (Å²) in [5.74, 6) is 1.32. The molecule has 5 nitrogen and oxygen atoms in total. The van der Waals surface area contributed by atoms with Crippen molar-refractivity contribution in [3.63, 3.8) is 0 Å². The number of hydrogen-bond donors (Lipinski definition) is 1. The highest BCUT2D eigenvalue weighted by Crippen LogP contribution is 2.27. The Hall–Kier alpha value is -1.11. The maximum Gasteiger partial charge on any atom is 0.151 e. The number of rotatable bonds is 6. The van der Waals surface area contributed by atoms with E-state index in [1.54, 1.807) is 0 Å². The lowest BCUT2D eigenvalue weighted by Gasteiger charge is -2.32. The summed E-state index contributed by atoms with van der Waals surface area (Å²) in [6.07, 6.45) is 0.681. The molecule has 1 aliphatic rings. The third kappa shape index (κ3) is 3.96. The first kappa shape index (κ1) is 16.3. The molecule has 2 atom stereocenters. The predicted octanol–water partition coefficient (Wildman–Crippen LogP) is 1.20. The molecule has 0 amide bonds. The van der Waals surface area contributed by atoms with Crippen molar-refractivity contribution in [1.29, 1.82) is 0 Å². The first-order valence-corrected chi connectivity index (χ1v) is 9.14. The number of ether oxygens (including phenoxy) is 1. The molecule has 1 aromatic rings. The SMILES string of the molecule is CCOc1cccc(C(CN)N(C)C2CCS(=O)(=O)C2)c1. The zero-order valence-corrected chi connectivity index (χ0v) is 13.5. The van der Waals surface area contributed by atoms with Crippen LogP contribution in [-0.2, 0) is 9.84 Å². The van der Waals surface area contributed by atoms with Crippen molar-refractivity contribution in [2.75, 3.05) is 31.7 Å². The van der Waals surface area contributed by atoms with Crippen LogP contribution < -0.4 is 10.5 Å². The Morgan fingerprint density at radius 1 is 1.48 bits per heavy atom. The Bertz CT molecular complexity index is 574. The van der Waals surface area contributed by atoms with Crippen LogP contribution in [0.2, 0.25) is 0 Å². The molecule has 1 aromatic carbocycles. The Morgan fingerprint density at radius 2 is 2.24 bits per heavy atom. The molecule has 0 bridgehead atoms. The van der Waals surface area contributed by atoms with Gasteiger partial charge in [-0.1, -0.05) is 12.1 Å². The van der Waals surface area contributed by atoms with Crippen LogP contribution in [-0.4, -0.2) is 51.1 Å². The monoisotopic (exact) mass is 312 g/mol. The lowest BCUT2D eigenvalue weighted by molar-refractivity contribution is 0.192. The molecule has 0 radical (unpaired) electrons. The third-order valence-electron chi connectivity index (χ3n) is 4.05. The van der Waals surface area contributed by atoms with E-state index in [4.69, 9.17) is 10.5 Å². The number of likely N-dealkylation sites (N-methyl/N-ethyl adjacent to an activating group) is 1. The Kier molecular flexibility index (Phi) is 5.24. The second-order valence-corrected chi connectivity index (χ2v) is 7.71. The normalized spacial score (nSPS) is 22.4. The van der Waals surface area contributed by atoms with Gasteiger partial charge < -0.3 is 10.5 Å². The van der Waals surface area contributed by atoms with Crippen molar-refractivity contribution in [3.05, 3.63) is 29.8 Å². The van der Waals surface area contributed by atoms with Gasteiger partial charge in [-0.15, -0.1) is 0 Å². The molecular weight excluding hydrogens is 288 g/mol. The van der Waals surface area contributed by atoms with E-state index in [-0.39, 0.29) is 23.6 Å². The summed E-state index contributed by atoms with van der Waals surface area (Å²) in [5.41, 5.74) is 7.00. The number of nitrogens with two attached hydrogens (primary N) is 1. The zero-order chi connectivity index (χ0) is 15.5. The van der Waals surface area contributed by atoms with Crippen molar-refractivity contribution < 1.29 is 13.2 Å². The smallest absolute Gasteiger partial charge is 0.151 e. The lowest BCUT2D eigenvalue weighted by Crippen LogP contribution is -2.39. The van der Waals surface area contributed by atoms with E-state index in [9.17, 15) is 8.42 Å². The largest absolute Gasteiger partial charge is 0.494 e. The summed E-state index contributed by atoms with van der Waals surface area (Å²) in [6, 6.07) is 7.91. The van der Waals surface area contributed by atoms with Gasteiger partial charge >= 0.3 is 0 Å². The molecule has 2 rings (SSSR count). The minimum atomic E-state index is -2.89. The highest BCUT2D eigenvalue weighted by atomic mass is 32.2. The van der Waals surface area contributed by atoms with E-state index in [1.807, 2.05) is 38.2 Å². The van der Waals surface area contributed by atoms with Crippen molar-refractivity contribution in [3.8, 4) is 5.75 Å². The maximum absolute atomic E-state index is 11.7. The van der Waals surface area contributed by atoms with Crippen LogP contribution in [0.25, 0.3) is 0 Å². The van der Waals surface area contributed by atoms with Gasteiger partial charge in [-0.2, -0.15) is 0 Å². The molecule has 6 heteroatoms. The minimum Gasteiger partial charge on any atom is -0.494 e. The van der Waals surface area contributed by atoms with E-state index >= 15 is 0 Å². The standard InChI is InChI=1S/C15H24N2O3S/c1-3-20-14-6-4-5-12(9-14)15(10-16)17(2)13-7-8-21(18,19)11-13/h4-6,9,13,15H,3,7-8,10-11,16H2,1-2H3. The molecule has 1 saturated heterocycles. The minimum absolute atomic E-state index is 0.00343. The molecule has 0 aliphatic carbocycles. The zero-order valence-electron chi connectivity index (χ0n) is 12.7. The van der Waals surface area contributed by atoms with Gasteiger partial charge in [0.15, 0.2) is 9.84 Å². The van der Waals surface area contributed by atoms with Gasteiger partial charge in [-0.3, -0.25) is 4.90 Å². The number of hydrogen-bond acceptors (Lipinski definition) is 5. The van der Waals surface area contributed by atoms with Crippen LogP contribution in [0.4, 0.5) is 0 Å². The van der Waals surface area contributed by atoms with E-state index < -0.39 is 9.84 Å². The lowest BCUT2D eigenvalue weighted by atomic mass is 10.0. The highest BCUT2D eigenvalue weighted by Gasteiger charge is 2.33. The summed E-state index contributed by atoms with van der Waals surface area (Å²) in [7, 11) is -0.934. The molecule has 0 spiro atoms. The molecule has 1 fully saturated rings. The molecule has 0 saturated carbocycles. The van der Waals surface area contributed by atoms with Crippen LogP contribution >= 0.6 is 0 Å². The van der Waals surface area contributed by atoms with Gasteiger partial charge in [0.05, 0.1) is 18.1 Å². The maximum atomic E-state index is 11.7. The number of sulfone groups is 1. The molecule has 118 valence electrons. The summed E-state index contributed by atoms with van der Waals surface area (Å²) in [4.78, 5) is 2.09. The number of benzene rings is 1. The second kappa shape index (κ2) is 6.77. The van der Waals surface area contributed by atoms with Crippen LogP contribution in [0.1, 0.15) is 24.9 Å². The second-order valence-electron chi connectivity index (χ2n) is 5.48. The average molecular weight is 312 g/mol. The Labute approximate surface area is 127 Å². The first-order chi connectivity index (χ1) is 9.96. The van der Waals surface area contributed by atoms with E-state index in [1.165, 1.54) is 0 Å². The molecule has 2 N–H and O–H groups in total. The Balaban J connectivity index is 2.17. The van der Waals surface area contributed by atoms with Crippen LogP contribution in [0, 0.1) is 0 Å². The van der Waals surface area contributed by atoms with Gasteiger partial charge in [-0.05, 0) is 38.1 Å². The fraction of sp³-hybridized carbons (Fsp3) is 0.600. The molecule has 2 unspecified atom stereocenters. The van der Waals surface area contributed by atoms with E-state index in [0.29, 0.717) is 19.6 Å². The molecule has 1 aliphatic heterocycles. The summed E-state index contributed by atoms with van der Waals surface area (Å²) in [6.45, 7) is 3.01. The van der Waals surface area contributed by atoms with Gasteiger partial charge in [0.2, 0.25) is 0 Å². The topological polar surface area (TPSA) is 72.6 Å². The van der Waals surface area contributed by atoms with Crippen molar-refractivity contribution >= 4 is 9.84 Å². The summed E-state index contributed by atoms with van der Waals surface area (Å²) in [5, 5.41) is 0. The summed E-state index contributed by atoms with van der Waals surface area (Å²) < 4.78 is 28.8. The quantitative estimate of drug-likeness (QED) is 0.854. The number of nitrogens with zero attached hydrogens (tertiary/aromatic N) is 1. The van der Waals surface area contributed by atoms with E-state index in [0.717, 1.165) is 11.3 Å². The fourth-order valence-electron chi connectivity index (χ4n) is 2.87. The van der Waals surface area contributed by atoms with Crippen LogP contribution in [0.3, 0.4) is 0 Å². The van der Waals surface area contributed by atoms with Crippen LogP contribution in [0.15, 0.2) is 24.3 Å². The molecule has 1 heterocycles. The van der Waals surface area contributed by atoms with Crippen molar-refractivity contribution in [2.45, 2.75) is 25.4 Å². The van der Waals surface area contributed by atoms with Gasteiger partial charge in [-0.25, -0.2) is 8.42 Å². The molecular formula is C15H24N2O3S. The first-order valence-electron chi connectivity index (χ1n) is 7.32. The van der Waals surface area contributed by atoms with Crippen LogP contribution in [0.5, 0.6) is 5.75 Å². The molecule has 0 aromatic heterocycles. The van der Waals surface area contributed by atoms with Gasteiger partial charge in [0.25, 0.3) is 0 Å². The average Bonchev–Trinajstić information content (AvgIpc) is 2.81. The predicted molar refractivity (Wildman–Crippen MR) is 84.2 cm³/mol. The summed E-state index contributed by atoms with van der Waals surface area (Å²) >= 11 is 0.